The third-order valence-corrected chi connectivity index (χ3v) is 0.713. The predicted octanol–water partition coefficient (Wildman–Crippen LogP) is -0.716. The van der Waals surface area contributed by atoms with Crippen LogP contribution in [0.3, 0.4) is 0 Å². The number of hydrogen-bond donors (Lipinski definition) is 2. The summed E-state index contributed by atoms with van der Waals surface area (Å²) >= 11 is 0. The highest BCUT2D eigenvalue weighted by molar-refractivity contribution is 5.80. The van der Waals surface area contributed by atoms with E-state index in [4.69, 9.17) is 5.73 Å². The number of rotatable bonds is 2. The van der Waals surface area contributed by atoms with Gasteiger partial charge >= 0.3 is 0 Å². The van der Waals surface area contributed by atoms with Crippen LogP contribution in [0.15, 0.2) is 0 Å². The van der Waals surface area contributed by atoms with Gasteiger partial charge < -0.3 is 11.1 Å². The van der Waals surface area contributed by atoms with E-state index >= 15 is 0 Å². The first-order valence-corrected chi connectivity index (χ1v) is 2.51. The van der Waals surface area contributed by atoms with Crippen molar-refractivity contribution < 1.29 is 4.79 Å². The number of nitrogens with one attached hydrogen (secondary N) is 1. The summed E-state index contributed by atoms with van der Waals surface area (Å²) in [6, 6.07) is -0.420. The molecule has 0 aliphatic heterocycles. The number of amides is 1. The third-order valence-electron chi connectivity index (χ3n) is 0.713. The van der Waals surface area contributed by atoms with E-state index < -0.39 is 6.04 Å². The second-order valence-corrected chi connectivity index (χ2v) is 1.58. The van der Waals surface area contributed by atoms with Crippen LogP contribution in [0, 0.1) is 6.92 Å². The van der Waals surface area contributed by atoms with Crippen LogP contribution < -0.4 is 11.1 Å². The van der Waals surface area contributed by atoms with Gasteiger partial charge in [-0.25, -0.2) is 0 Å². The summed E-state index contributed by atoms with van der Waals surface area (Å²) in [6.45, 7) is 5.45. The minimum atomic E-state index is -0.420. The standard InChI is InChI=1S/C5H11N2O/c1-3-7-5(8)4(2)6/h4H,1,3,6H2,2H3,(H,7,8)/t4-/m0/s1. The molecule has 0 aliphatic carbocycles. The summed E-state index contributed by atoms with van der Waals surface area (Å²) in [4.78, 5) is 10.5. The fourth-order valence-electron chi connectivity index (χ4n) is 0.284. The van der Waals surface area contributed by atoms with E-state index in [0.717, 1.165) is 0 Å². The highest BCUT2D eigenvalue weighted by atomic mass is 16.2. The molecule has 8 heavy (non-hydrogen) atoms. The first kappa shape index (κ1) is 7.43. The van der Waals surface area contributed by atoms with Crippen LogP contribution in [-0.2, 0) is 4.79 Å². The van der Waals surface area contributed by atoms with Crippen LogP contribution in [0.1, 0.15) is 6.92 Å². The van der Waals surface area contributed by atoms with Crippen molar-refractivity contribution in [2.24, 2.45) is 5.73 Å². The Labute approximate surface area is 49.3 Å². The van der Waals surface area contributed by atoms with E-state index in [9.17, 15) is 4.79 Å². The molecule has 0 saturated heterocycles. The average Bonchev–Trinajstić information content (AvgIpc) is 1.67. The van der Waals surface area contributed by atoms with Gasteiger partial charge in [0, 0.05) is 6.54 Å². The quantitative estimate of drug-likeness (QED) is 0.499. The third kappa shape index (κ3) is 2.58. The number of hydrogen-bond acceptors (Lipinski definition) is 2. The van der Waals surface area contributed by atoms with E-state index in [1.807, 2.05) is 0 Å². The zero-order valence-electron chi connectivity index (χ0n) is 4.98. The Morgan fingerprint density at radius 2 is 2.50 bits per heavy atom. The van der Waals surface area contributed by atoms with Gasteiger partial charge in [0.15, 0.2) is 0 Å². The first-order valence-electron chi connectivity index (χ1n) is 2.51. The zero-order chi connectivity index (χ0) is 6.57. The molecule has 0 spiro atoms. The maximum Gasteiger partial charge on any atom is 0.236 e. The van der Waals surface area contributed by atoms with Gasteiger partial charge in [0.2, 0.25) is 5.91 Å². The molecular weight excluding hydrogens is 104 g/mol. The van der Waals surface area contributed by atoms with Crippen LogP contribution in [-0.4, -0.2) is 18.5 Å². The Hall–Kier alpha value is -0.570. The molecule has 47 valence electrons. The van der Waals surface area contributed by atoms with Gasteiger partial charge in [0.25, 0.3) is 0 Å². The Morgan fingerprint density at radius 3 is 2.62 bits per heavy atom. The molecule has 0 heterocycles. The molecule has 0 aliphatic rings. The highest BCUT2D eigenvalue weighted by Crippen LogP contribution is 1.71. The van der Waals surface area contributed by atoms with Crippen LogP contribution in [0.2, 0.25) is 0 Å². The lowest BCUT2D eigenvalue weighted by Crippen LogP contribution is -2.38. The molecule has 0 rings (SSSR count). The van der Waals surface area contributed by atoms with Crippen LogP contribution in [0.5, 0.6) is 0 Å². The topological polar surface area (TPSA) is 55.1 Å². The molecule has 0 aromatic carbocycles. The summed E-state index contributed by atoms with van der Waals surface area (Å²) in [6.07, 6.45) is 0. The molecule has 3 heteroatoms. The van der Waals surface area contributed by atoms with Crippen molar-refractivity contribution in [3.63, 3.8) is 0 Å². The smallest absolute Gasteiger partial charge is 0.236 e. The van der Waals surface area contributed by atoms with Gasteiger partial charge in [-0.15, -0.1) is 0 Å². The Kier molecular flexibility index (Phi) is 3.19. The molecule has 1 amide bonds. The van der Waals surface area contributed by atoms with Gasteiger partial charge in [-0.2, -0.15) is 0 Å². The second kappa shape index (κ2) is 3.43. The Bertz CT molecular complexity index is 80.5. The van der Waals surface area contributed by atoms with Gasteiger partial charge in [-0.05, 0) is 13.8 Å². The lowest BCUT2D eigenvalue weighted by atomic mass is 10.3. The normalized spacial score (nSPS) is 12.9. The average molecular weight is 115 g/mol. The zero-order valence-corrected chi connectivity index (χ0v) is 4.98. The Morgan fingerprint density at radius 1 is 2.00 bits per heavy atom. The van der Waals surface area contributed by atoms with Gasteiger partial charge in [-0.1, -0.05) is 0 Å². The van der Waals surface area contributed by atoms with Crippen molar-refractivity contribution in [2.45, 2.75) is 13.0 Å². The summed E-state index contributed by atoms with van der Waals surface area (Å²) in [5.74, 6) is -0.153. The fraction of sp³-hybridized carbons (Fsp3) is 0.600. The van der Waals surface area contributed by atoms with E-state index in [0.29, 0.717) is 6.54 Å². The van der Waals surface area contributed by atoms with Crippen LogP contribution in [0.4, 0.5) is 0 Å². The molecule has 3 nitrogen and oxygen atoms in total. The maximum atomic E-state index is 10.5. The highest BCUT2D eigenvalue weighted by Gasteiger charge is 2.02. The van der Waals surface area contributed by atoms with Crippen molar-refractivity contribution >= 4 is 5.91 Å². The largest absolute Gasteiger partial charge is 0.355 e. The SMILES string of the molecule is [CH2]CNC(=O)[C@H](C)N. The molecule has 0 unspecified atom stereocenters. The van der Waals surface area contributed by atoms with E-state index in [-0.39, 0.29) is 5.91 Å². The fourth-order valence-corrected chi connectivity index (χ4v) is 0.284. The summed E-state index contributed by atoms with van der Waals surface area (Å²) in [5.41, 5.74) is 5.18. The van der Waals surface area contributed by atoms with E-state index in [1.54, 1.807) is 6.92 Å². The molecule has 3 N–H and O–H groups in total. The lowest BCUT2D eigenvalue weighted by Gasteiger charge is -2.02. The monoisotopic (exact) mass is 115 g/mol. The number of nitrogens with two attached hydrogens (primary N) is 1. The van der Waals surface area contributed by atoms with Crippen LogP contribution >= 0.6 is 0 Å². The molecule has 1 atom stereocenters. The molecule has 0 saturated carbocycles. The van der Waals surface area contributed by atoms with E-state index in [2.05, 4.69) is 12.2 Å². The Balaban J connectivity index is 3.33. The summed E-state index contributed by atoms with van der Waals surface area (Å²) < 4.78 is 0. The maximum absolute atomic E-state index is 10.5. The van der Waals surface area contributed by atoms with Crippen molar-refractivity contribution in [3.05, 3.63) is 6.92 Å². The van der Waals surface area contributed by atoms with Gasteiger partial charge in [0.1, 0.15) is 0 Å². The second-order valence-electron chi connectivity index (χ2n) is 1.58. The van der Waals surface area contributed by atoms with Gasteiger partial charge in [-0.3, -0.25) is 4.79 Å². The van der Waals surface area contributed by atoms with Crippen molar-refractivity contribution in [2.75, 3.05) is 6.54 Å². The minimum absolute atomic E-state index is 0.153. The predicted molar refractivity (Wildman–Crippen MR) is 32.0 cm³/mol. The van der Waals surface area contributed by atoms with Crippen molar-refractivity contribution in [1.29, 1.82) is 0 Å². The first-order chi connectivity index (χ1) is 3.68. The molecule has 0 aromatic heterocycles. The van der Waals surface area contributed by atoms with Crippen molar-refractivity contribution in [1.82, 2.24) is 5.32 Å². The number of carbonyl (C=O) groups is 1. The van der Waals surface area contributed by atoms with E-state index in [1.165, 1.54) is 0 Å². The van der Waals surface area contributed by atoms with Crippen molar-refractivity contribution in [3.8, 4) is 0 Å². The lowest BCUT2D eigenvalue weighted by molar-refractivity contribution is -0.121. The molecule has 0 bridgehead atoms. The molecule has 1 radical (unpaired) electrons. The molecular formula is C5H11N2O. The molecule has 0 fully saturated rings. The summed E-state index contributed by atoms with van der Waals surface area (Å²) in [7, 11) is 0. The minimum Gasteiger partial charge on any atom is -0.355 e. The molecule has 0 aromatic rings. The van der Waals surface area contributed by atoms with Gasteiger partial charge in [0.05, 0.1) is 6.04 Å². The number of carbonyl (C=O) groups excluding carboxylic acids is 1. The summed E-state index contributed by atoms with van der Waals surface area (Å²) in [5, 5.41) is 2.47. The van der Waals surface area contributed by atoms with Crippen LogP contribution in [0.25, 0.3) is 0 Å².